The van der Waals surface area contributed by atoms with Crippen molar-refractivity contribution >= 4 is 27.7 Å². The number of hydrogen-bond donors (Lipinski definition) is 2. The largest absolute Gasteiger partial charge is 0.395 e. The van der Waals surface area contributed by atoms with E-state index in [9.17, 15) is 14.7 Å². The maximum absolute atomic E-state index is 12.0. The predicted octanol–water partition coefficient (Wildman–Crippen LogP) is 0.399. The fourth-order valence-electron chi connectivity index (χ4n) is 2.13. The molecule has 1 saturated heterocycles. The van der Waals surface area contributed by atoms with Crippen molar-refractivity contribution in [2.24, 2.45) is 0 Å². The Morgan fingerprint density at radius 1 is 1.43 bits per heavy atom. The number of rotatable bonds is 4. The van der Waals surface area contributed by atoms with Gasteiger partial charge < -0.3 is 9.84 Å². The van der Waals surface area contributed by atoms with Crippen molar-refractivity contribution in [3.8, 4) is 0 Å². The minimum absolute atomic E-state index is 0.0603. The van der Waals surface area contributed by atoms with Gasteiger partial charge in [-0.1, -0.05) is 12.1 Å². The number of carbonyl (C=O) groups excluding carboxylic acids is 2. The molecule has 2 N–H and O–H groups in total. The monoisotopic (exact) mass is 356 g/mol. The maximum Gasteiger partial charge on any atom is 0.259 e. The molecule has 6 nitrogen and oxygen atoms in total. The fourth-order valence-corrected chi connectivity index (χ4v) is 2.59. The molecule has 2 rings (SSSR count). The molecule has 1 atom stereocenters. The maximum atomic E-state index is 12.0. The van der Waals surface area contributed by atoms with Crippen molar-refractivity contribution in [1.82, 2.24) is 10.2 Å². The average molecular weight is 357 g/mol. The zero-order valence-electron chi connectivity index (χ0n) is 11.4. The van der Waals surface area contributed by atoms with E-state index in [1.54, 1.807) is 24.3 Å². The van der Waals surface area contributed by atoms with Gasteiger partial charge in [-0.25, -0.2) is 0 Å². The van der Waals surface area contributed by atoms with Crippen molar-refractivity contribution in [3.05, 3.63) is 34.3 Å². The second-order valence-electron chi connectivity index (χ2n) is 4.74. The first kappa shape index (κ1) is 16.1. The van der Waals surface area contributed by atoms with E-state index in [1.807, 2.05) is 4.90 Å². The lowest BCUT2D eigenvalue weighted by molar-refractivity contribution is -0.124. The number of halogens is 1. The Balaban J connectivity index is 1.92. The van der Waals surface area contributed by atoms with E-state index in [0.29, 0.717) is 29.8 Å². The van der Waals surface area contributed by atoms with Crippen LogP contribution in [0.3, 0.4) is 0 Å². The number of morpholine rings is 1. The van der Waals surface area contributed by atoms with Crippen molar-refractivity contribution < 1.29 is 19.4 Å². The Labute approximate surface area is 131 Å². The van der Waals surface area contributed by atoms with Gasteiger partial charge in [-0.2, -0.15) is 0 Å². The van der Waals surface area contributed by atoms with E-state index in [1.165, 1.54) is 0 Å². The third-order valence-corrected chi connectivity index (χ3v) is 3.97. The molecule has 0 spiro atoms. The number of benzene rings is 1. The summed E-state index contributed by atoms with van der Waals surface area (Å²) in [5.74, 6) is -0.836. The minimum Gasteiger partial charge on any atom is -0.395 e. The quantitative estimate of drug-likeness (QED) is 0.816. The molecule has 2 amide bonds. The molecule has 0 bridgehead atoms. The molecule has 1 aromatic rings. The first-order chi connectivity index (χ1) is 10.1. The van der Waals surface area contributed by atoms with E-state index in [4.69, 9.17) is 4.74 Å². The molecule has 1 aliphatic rings. The first-order valence-corrected chi connectivity index (χ1v) is 7.42. The number of aliphatic hydroxyl groups excluding tert-OH is 1. The van der Waals surface area contributed by atoms with Gasteiger partial charge in [0.05, 0.1) is 38.0 Å². The Bertz CT molecular complexity index is 523. The Hall–Kier alpha value is -1.28. The smallest absolute Gasteiger partial charge is 0.259 e. The van der Waals surface area contributed by atoms with Gasteiger partial charge in [0.2, 0.25) is 5.91 Å². The highest BCUT2D eigenvalue weighted by molar-refractivity contribution is 9.10. The summed E-state index contributed by atoms with van der Waals surface area (Å²) in [6, 6.07) is 6.69. The van der Waals surface area contributed by atoms with Gasteiger partial charge in [0, 0.05) is 11.0 Å². The summed E-state index contributed by atoms with van der Waals surface area (Å²) < 4.78 is 5.88. The van der Waals surface area contributed by atoms with Crippen LogP contribution < -0.4 is 5.32 Å². The van der Waals surface area contributed by atoms with Gasteiger partial charge in [0.15, 0.2) is 0 Å². The molecule has 1 fully saturated rings. The molecule has 114 valence electrons. The van der Waals surface area contributed by atoms with E-state index in [-0.39, 0.29) is 19.2 Å². The molecule has 0 aliphatic carbocycles. The van der Waals surface area contributed by atoms with Gasteiger partial charge in [0.1, 0.15) is 0 Å². The molecular formula is C14H17BrN2O4. The molecule has 7 heteroatoms. The summed E-state index contributed by atoms with van der Waals surface area (Å²) in [4.78, 5) is 25.8. The van der Waals surface area contributed by atoms with Crippen LogP contribution in [0.4, 0.5) is 0 Å². The number of imide groups is 1. The lowest BCUT2D eigenvalue weighted by atomic mass is 10.2. The van der Waals surface area contributed by atoms with Crippen LogP contribution in [0.1, 0.15) is 10.4 Å². The van der Waals surface area contributed by atoms with Crippen LogP contribution in [0.2, 0.25) is 0 Å². The van der Waals surface area contributed by atoms with Gasteiger partial charge in [-0.05, 0) is 28.1 Å². The normalized spacial score (nSPS) is 19.2. The van der Waals surface area contributed by atoms with E-state index < -0.39 is 11.8 Å². The standard InChI is InChI=1S/C14H17BrN2O4/c15-12-4-2-1-3-11(12)14(20)16-13(19)7-17-5-6-21-9-10(17)8-18/h1-4,10,18H,5-9H2,(H,16,19,20). The second-order valence-corrected chi connectivity index (χ2v) is 5.59. The number of hydrogen-bond acceptors (Lipinski definition) is 5. The number of ether oxygens (including phenoxy) is 1. The summed E-state index contributed by atoms with van der Waals surface area (Å²) >= 11 is 3.27. The molecule has 21 heavy (non-hydrogen) atoms. The van der Waals surface area contributed by atoms with E-state index in [2.05, 4.69) is 21.2 Å². The van der Waals surface area contributed by atoms with Gasteiger partial charge in [-0.15, -0.1) is 0 Å². The summed E-state index contributed by atoms with van der Waals surface area (Å²) in [6.07, 6.45) is 0. The zero-order chi connectivity index (χ0) is 15.2. The Kier molecular flexibility index (Phi) is 5.86. The highest BCUT2D eigenvalue weighted by Crippen LogP contribution is 2.15. The molecule has 1 unspecified atom stereocenters. The van der Waals surface area contributed by atoms with Crippen molar-refractivity contribution in [3.63, 3.8) is 0 Å². The zero-order valence-corrected chi connectivity index (χ0v) is 13.0. The molecule has 1 aromatic carbocycles. The van der Waals surface area contributed by atoms with Crippen molar-refractivity contribution in [2.75, 3.05) is 32.9 Å². The first-order valence-electron chi connectivity index (χ1n) is 6.63. The number of aliphatic hydroxyl groups is 1. The van der Waals surface area contributed by atoms with Crippen LogP contribution in [-0.4, -0.2) is 60.8 Å². The molecule has 0 aromatic heterocycles. The van der Waals surface area contributed by atoms with Crippen LogP contribution in [-0.2, 0) is 9.53 Å². The van der Waals surface area contributed by atoms with Gasteiger partial charge >= 0.3 is 0 Å². The summed E-state index contributed by atoms with van der Waals surface area (Å²) in [7, 11) is 0. The van der Waals surface area contributed by atoms with Gasteiger partial charge in [0.25, 0.3) is 5.91 Å². The van der Waals surface area contributed by atoms with E-state index in [0.717, 1.165) is 0 Å². The summed E-state index contributed by atoms with van der Waals surface area (Å²) in [6.45, 7) is 1.45. The van der Waals surface area contributed by atoms with Crippen LogP contribution in [0, 0.1) is 0 Å². The number of nitrogens with zero attached hydrogens (tertiary/aromatic N) is 1. The van der Waals surface area contributed by atoms with Crippen molar-refractivity contribution in [2.45, 2.75) is 6.04 Å². The molecule has 1 aliphatic heterocycles. The summed E-state index contributed by atoms with van der Waals surface area (Å²) in [5, 5.41) is 11.6. The average Bonchev–Trinajstić information content (AvgIpc) is 2.48. The van der Waals surface area contributed by atoms with Crippen LogP contribution in [0.5, 0.6) is 0 Å². The van der Waals surface area contributed by atoms with Gasteiger partial charge in [-0.3, -0.25) is 19.8 Å². The van der Waals surface area contributed by atoms with Crippen LogP contribution in [0.15, 0.2) is 28.7 Å². The SMILES string of the molecule is O=C(CN1CCOCC1CO)NC(=O)c1ccccc1Br. The number of carbonyl (C=O) groups is 2. The fraction of sp³-hybridized carbons (Fsp3) is 0.429. The summed E-state index contributed by atoms with van der Waals surface area (Å²) in [5.41, 5.74) is 0.409. The Morgan fingerprint density at radius 2 is 2.19 bits per heavy atom. The highest BCUT2D eigenvalue weighted by atomic mass is 79.9. The minimum atomic E-state index is -0.443. The molecule has 0 radical (unpaired) electrons. The molecule has 0 saturated carbocycles. The second kappa shape index (κ2) is 7.65. The predicted molar refractivity (Wildman–Crippen MR) is 79.9 cm³/mol. The van der Waals surface area contributed by atoms with Crippen LogP contribution in [0.25, 0.3) is 0 Å². The van der Waals surface area contributed by atoms with E-state index >= 15 is 0 Å². The molecule has 1 heterocycles. The Morgan fingerprint density at radius 3 is 2.90 bits per heavy atom. The van der Waals surface area contributed by atoms with Crippen molar-refractivity contribution in [1.29, 1.82) is 0 Å². The third-order valence-electron chi connectivity index (χ3n) is 3.28. The number of amides is 2. The number of nitrogens with one attached hydrogen (secondary N) is 1. The molecular weight excluding hydrogens is 340 g/mol. The third kappa shape index (κ3) is 4.34. The topological polar surface area (TPSA) is 78.9 Å². The van der Waals surface area contributed by atoms with Crippen LogP contribution >= 0.6 is 15.9 Å². The lowest BCUT2D eigenvalue weighted by Gasteiger charge is -2.33. The highest BCUT2D eigenvalue weighted by Gasteiger charge is 2.25. The lowest BCUT2D eigenvalue weighted by Crippen LogP contribution is -2.51.